The summed E-state index contributed by atoms with van der Waals surface area (Å²) < 4.78 is 0. The van der Waals surface area contributed by atoms with Crippen molar-refractivity contribution in [2.24, 2.45) is 5.92 Å². The zero-order valence-corrected chi connectivity index (χ0v) is 14.6. The maximum Gasteiger partial charge on any atom is 0.307 e. The molecule has 132 valence electrons. The van der Waals surface area contributed by atoms with Gasteiger partial charge in [-0.05, 0) is 53.9 Å². The number of carboxylic acids is 1. The molecule has 1 aliphatic rings. The molecule has 0 bridgehead atoms. The number of piperidine rings is 1. The molecule has 4 rings (SSSR count). The average molecular weight is 346 g/mol. The minimum absolute atomic E-state index is 0.0250. The lowest BCUT2D eigenvalue weighted by atomic mass is 9.92. The first kappa shape index (κ1) is 16.7. The van der Waals surface area contributed by atoms with Crippen molar-refractivity contribution in [2.75, 3.05) is 13.1 Å². The molecule has 0 saturated carbocycles. The summed E-state index contributed by atoms with van der Waals surface area (Å²) >= 11 is 0. The molecule has 0 radical (unpaired) electrons. The number of aromatic nitrogens is 1. The summed E-state index contributed by atoms with van der Waals surface area (Å²) in [4.78, 5) is 18.4. The zero-order chi connectivity index (χ0) is 17.9. The highest BCUT2D eigenvalue weighted by atomic mass is 16.4. The van der Waals surface area contributed by atoms with E-state index in [4.69, 9.17) is 0 Å². The molecule has 1 aliphatic heterocycles. The van der Waals surface area contributed by atoms with Gasteiger partial charge in [0.25, 0.3) is 0 Å². The van der Waals surface area contributed by atoms with E-state index in [2.05, 4.69) is 40.2 Å². The van der Waals surface area contributed by atoms with E-state index in [1.807, 2.05) is 36.5 Å². The Morgan fingerprint density at radius 2 is 1.88 bits per heavy atom. The number of nitrogens with zero attached hydrogens (tertiary/aromatic N) is 2. The van der Waals surface area contributed by atoms with E-state index in [-0.39, 0.29) is 12.0 Å². The van der Waals surface area contributed by atoms with Gasteiger partial charge in [-0.3, -0.25) is 14.7 Å². The van der Waals surface area contributed by atoms with Crippen molar-refractivity contribution >= 4 is 16.7 Å². The SMILES string of the molecule is O=C(O)C1CCCN(C(c2ccc3ccccc3c2)c2ccccn2)C1. The number of hydrogen-bond donors (Lipinski definition) is 1. The van der Waals surface area contributed by atoms with Gasteiger partial charge in [-0.2, -0.15) is 0 Å². The van der Waals surface area contributed by atoms with E-state index in [9.17, 15) is 9.90 Å². The summed E-state index contributed by atoms with van der Waals surface area (Å²) in [6.45, 7) is 1.45. The second-order valence-electron chi connectivity index (χ2n) is 6.94. The van der Waals surface area contributed by atoms with E-state index >= 15 is 0 Å². The second kappa shape index (κ2) is 7.26. The Hall–Kier alpha value is -2.72. The molecule has 0 aliphatic carbocycles. The molecule has 2 atom stereocenters. The van der Waals surface area contributed by atoms with Gasteiger partial charge < -0.3 is 5.11 Å². The predicted molar refractivity (Wildman–Crippen MR) is 102 cm³/mol. The Morgan fingerprint density at radius 3 is 2.65 bits per heavy atom. The van der Waals surface area contributed by atoms with Gasteiger partial charge in [0.15, 0.2) is 0 Å². The largest absolute Gasteiger partial charge is 0.481 e. The van der Waals surface area contributed by atoms with Crippen LogP contribution in [-0.4, -0.2) is 34.0 Å². The zero-order valence-electron chi connectivity index (χ0n) is 14.6. The van der Waals surface area contributed by atoms with Crippen LogP contribution in [0.15, 0.2) is 66.9 Å². The quantitative estimate of drug-likeness (QED) is 0.772. The van der Waals surface area contributed by atoms with Crippen LogP contribution in [0.1, 0.15) is 30.1 Å². The van der Waals surface area contributed by atoms with E-state index in [1.54, 1.807) is 0 Å². The maximum atomic E-state index is 11.5. The Labute approximate surface area is 153 Å². The normalized spacial score (nSPS) is 19.3. The topological polar surface area (TPSA) is 53.4 Å². The van der Waals surface area contributed by atoms with E-state index in [0.717, 1.165) is 30.6 Å². The molecular formula is C22H22N2O2. The summed E-state index contributed by atoms with van der Waals surface area (Å²) in [5.74, 6) is -1.01. The third-order valence-electron chi connectivity index (χ3n) is 5.22. The van der Waals surface area contributed by atoms with Crippen LogP contribution in [0.4, 0.5) is 0 Å². The summed E-state index contributed by atoms with van der Waals surface area (Å²) in [6, 6.07) is 20.7. The Kier molecular flexibility index (Phi) is 4.67. The van der Waals surface area contributed by atoms with Crippen LogP contribution >= 0.6 is 0 Å². The van der Waals surface area contributed by atoms with Gasteiger partial charge in [-0.15, -0.1) is 0 Å². The summed E-state index contributed by atoms with van der Waals surface area (Å²) in [6.07, 6.45) is 3.45. The van der Waals surface area contributed by atoms with Gasteiger partial charge in [0.05, 0.1) is 17.7 Å². The van der Waals surface area contributed by atoms with Gasteiger partial charge in [-0.25, -0.2) is 0 Å². The fourth-order valence-electron chi connectivity index (χ4n) is 3.93. The molecule has 0 amide bonds. The van der Waals surface area contributed by atoms with Crippen LogP contribution in [-0.2, 0) is 4.79 Å². The molecule has 4 heteroatoms. The first-order chi connectivity index (χ1) is 12.7. The molecule has 4 nitrogen and oxygen atoms in total. The second-order valence-corrected chi connectivity index (χ2v) is 6.94. The Morgan fingerprint density at radius 1 is 1.08 bits per heavy atom. The molecule has 26 heavy (non-hydrogen) atoms. The number of carboxylic acid groups (broad SMARTS) is 1. The number of aliphatic carboxylic acids is 1. The lowest BCUT2D eigenvalue weighted by molar-refractivity contribution is -0.143. The fraction of sp³-hybridized carbons (Fsp3) is 0.273. The van der Waals surface area contributed by atoms with Crippen molar-refractivity contribution in [2.45, 2.75) is 18.9 Å². The minimum atomic E-state index is -0.701. The molecule has 2 unspecified atom stereocenters. The first-order valence-corrected chi connectivity index (χ1v) is 9.09. The third-order valence-corrected chi connectivity index (χ3v) is 5.22. The number of hydrogen-bond acceptors (Lipinski definition) is 3. The highest BCUT2D eigenvalue weighted by molar-refractivity contribution is 5.83. The number of pyridine rings is 1. The number of rotatable bonds is 4. The van der Waals surface area contributed by atoms with Crippen LogP contribution in [0.25, 0.3) is 10.8 Å². The van der Waals surface area contributed by atoms with E-state index in [0.29, 0.717) is 6.54 Å². The van der Waals surface area contributed by atoms with Gasteiger partial charge >= 0.3 is 5.97 Å². The summed E-state index contributed by atoms with van der Waals surface area (Å²) in [5.41, 5.74) is 2.13. The van der Waals surface area contributed by atoms with Crippen molar-refractivity contribution < 1.29 is 9.90 Å². The van der Waals surface area contributed by atoms with Crippen molar-refractivity contribution in [3.63, 3.8) is 0 Å². The number of fused-ring (bicyclic) bond motifs is 1. The molecule has 1 saturated heterocycles. The highest BCUT2D eigenvalue weighted by Crippen LogP contribution is 2.33. The van der Waals surface area contributed by atoms with Gasteiger partial charge in [0, 0.05) is 12.7 Å². The molecule has 1 aromatic heterocycles. The van der Waals surface area contributed by atoms with Crippen molar-refractivity contribution in [3.05, 3.63) is 78.1 Å². The molecule has 3 aromatic rings. The van der Waals surface area contributed by atoms with Crippen molar-refractivity contribution in [1.29, 1.82) is 0 Å². The van der Waals surface area contributed by atoms with Gasteiger partial charge in [0.1, 0.15) is 0 Å². The number of likely N-dealkylation sites (tertiary alicyclic amines) is 1. The smallest absolute Gasteiger partial charge is 0.307 e. The molecule has 2 aromatic carbocycles. The van der Waals surface area contributed by atoms with Crippen molar-refractivity contribution in [3.8, 4) is 0 Å². The van der Waals surface area contributed by atoms with Crippen LogP contribution in [0.3, 0.4) is 0 Å². The van der Waals surface area contributed by atoms with Gasteiger partial charge in [0.2, 0.25) is 0 Å². The molecule has 0 spiro atoms. The standard InChI is InChI=1S/C22H22N2O2/c25-22(26)19-8-5-13-24(15-19)21(20-9-3-4-12-23-20)18-11-10-16-6-1-2-7-17(16)14-18/h1-4,6-7,9-12,14,19,21H,5,8,13,15H2,(H,25,26). The van der Waals surface area contributed by atoms with Crippen LogP contribution < -0.4 is 0 Å². The van der Waals surface area contributed by atoms with Crippen LogP contribution in [0.5, 0.6) is 0 Å². The molecule has 1 fully saturated rings. The maximum absolute atomic E-state index is 11.5. The molecule has 1 N–H and O–H groups in total. The molecule has 2 heterocycles. The van der Waals surface area contributed by atoms with E-state index < -0.39 is 5.97 Å². The number of benzene rings is 2. The number of carbonyl (C=O) groups is 1. The monoisotopic (exact) mass is 346 g/mol. The van der Waals surface area contributed by atoms with Gasteiger partial charge in [-0.1, -0.05) is 42.5 Å². The predicted octanol–water partition coefficient (Wildman–Crippen LogP) is 4.12. The van der Waals surface area contributed by atoms with Crippen LogP contribution in [0, 0.1) is 5.92 Å². The Balaban J connectivity index is 1.76. The minimum Gasteiger partial charge on any atom is -0.481 e. The summed E-state index contributed by atoms with van der Waals surface area (Å²) in [7, 11) is 0. The first-order valence-electron chi connectivity index (χ1n) is 9.09. The van der Waals surface area contributed by atoms with Crippen molar-refractivity contribution in [1.82, 2.24) is 9.88 Å². The van der Waals surface area contributed by atoms with Crippen LogP contribution in [0.2, 0.25) is 0 Å². The Bertz CT molecular complexity index is 910. The average Bonchev–Trinajstić information content (AvgIpc) is 2.69. The summed E-state index contributed by atoms with van der Waals surface area (Å²) in [5, 5.41) is 11.9. The third kappa shape index (κ3) is 3.33. The lowest BCUT2D eigenvalue weighted by Gasteiger charge is -2.37. The lowest BCUT2D eigenvalue weighted by Crippen LogP contribution is -2.41. The van der Waals surface area contributed by atoms with E-state index in [1.165, 1.54) is 10.8 Å². The molecular weight excluding hydrogens is 324 g/mol. The highest BCUT2D eigenvalue weighted by Gasteiger charge is 2.31. The fourth-order valence-corrected chi connectivity index (χ4v) is 3.93.